The van der Waals surface area contributed by atoms with E-state index in [0.717, 1.165) is 4.88 Å². The second kappa shape index (κ2) is 5.54. The van der Waals surface area contributed by atoms with E-state index in [4.69, 9.17) is 0 Å². The molecule has 1 aliphatic rings. The number of aliphatic carboxylic acids is 2. The fourth-order valence-corrected chi connectivity index (χ4v) is 3.83. The van der Waals surface area contributed by atoms with E-state index in [0.29, 0.717) is 6.42 Å². The molecule has 1 aromatic rings. The Kier molecular flexibility index (Phi) is 4.15. The van der Waals surface area contributed by atoms with Crippen LogP contribution in [-0.4, -0.2) is 27.7 Å². The van der Waals surface area contributed by atoms with Crippen LogP contribution in [-0.2, 0) is 9.59 Å². The van der Waals surface area contributed by atoms with Crippen LogP contribution in [0.2, 0.25) is 0 Å². The van der Waals surface area contributed by atoms with E-state index in [1.165, 1.54) is 11.3 Å². The molecule has 20 heavy (non-hydrogen) atoms. The van der Waals surface area contributed by atoms with Crippen LogP contribution in [0.25, 0.3) is 0 Å². The molecule has 1 fully saturated rings. The molecule has 0 amide bonds. The topological polar surface area (TPSA) is 86.6 Å². The quantitative estimate of drug-likeness (QED) is 0.776. The fraction of sp³-hybridized carbons (Fsp3) is 0.571. The van der Waals surface area contributed by atoms with E-state index in [1.54, 1.807) is 0 Å². The van der Waals surface area contributed by atoms with Gasteiger partial charge in [-0.05, 0) is 30.2 Å². The average molecular weight is 297 g/mol. The summed E-state index contributed by atoms with van der Waals surface area (Å²) >= 11 is 1.45. The van der Waals surface area contributed by atoms with E-state index < -0.39 is 29.4 Å². The second-order valence-electron chi connectivity index (χ2n) is 5.77. The van der Waals surface area contributed by atoms with Gasteiger partial charge in [0, 0.05) is 4.88 Å². The molecule has 5 nitrogen and oxygen atoms in total. The minimum atomic E-state index is -1.15. The summed E-state index contributed by atoms with van der Waals surface area (Å²) in [5, 5.41) is 24.0. The van der Waals surface area contributed by atoms with Gasteiger partial charge in [0.1, 0.15) is 5.54 Å². The van der Waals surface area contributed by atoms with E-state index in [-0.39, 0.29) is 12.3 Å². The first-order valence-corrected chi connectivity index (χ1v) is 7.51. The molecule has 110 valence electrons. The third-order valence-electron chi connectivity index (χ3n) is 3.74. The fourth-order valence-electron chi connectivity index (χ4n) is 2.99. The van der Waals surface area contributed by atoms with Gasteiger partial charge in [0.15, 0.2) is 0 Å². The molecule has 3 unspecified atom stereocenters. The van der Waals surface area contributed by atoms with Gasteiger partial charge in [-0.3, -0.25) is 14.9 Å². The lowest BCUT2D eigenvalue weighted by atomic mass is 9.84. The smallest absolute Gasteiger partial charge is 0.323 e. The third-order valence-corrected chi connectivity index (χ3v) is 4.69. The van der Waals surface area contributed by atoms with Crippen LogP contribution in [0.4, 0.5) is 0 Å². The van der Waals surface area contributed by atoms with Gasteiger partial charge in [-0.25, -0.2) is 0 Å². The lowest BCUT2D eigenvalue weighted by Crippen LogP contribution is -2.49. The molecule has 1 saturated heterocycles. The molecule has 2 rings (SSSR count). The van der Waals surface area contributed by atoms with E-state index in [9.17, 15) is 19.8 Å². The maximum Gasteiger partial charge on any atom is 0.323 e. The Labute approximate surface area is 121 Å². The highest BCUT2D eigenvalue weighted by atomic mass is 32.1. The maximum absolute atomic E-state index is 11.7. The van der Waals surface area contributed by atoms with Gasteiger partial charge in [-0.2, -0.15) is 0 Å². The highest BCUT2D eigenvalue weighted by molar-refractivity contribution is 7.10. The third kappa shape index (κ3) is 2.71. The number of nitrogens with one attached hydrogen (secondary N) is 1. The number of rotatable bonds is 5. The normalized spacial score (nSPS) is 29.8. The molecule has 1 aromatic heterocycles. The van der Waals surface area contributed by atoms with Crippen LogP contribution < -0.4 is 5.32 Å². The summed E-state index contributed by atoms with van der Waals surface area (Å²) in [7, 11) is 0. The summed E-state index contributed by atoms with van der Waals surface area (Å²) in [6.07, 6.45) is 0.548. The SMILES string of the molecule is CC(C)CC1(C(=O)O)CC(C(=O)O)C(c2cccs2)N1. The van der Waals surface area contributed by atoms with Crippen molar-refractivity contribution in [1.29, 1.82) is 0 Å². The van der Waals surface area contributed by atoms with Gasteiger partial charge in [-0.1, -0.05) is 19.9 Å². The zero-order chi connectivity index (χ0) is 14.9. The van der Waals surface area contributed by atoms with Crippen LogP contribution >= 0.6 is 11.3 Å². The summed E-state index contributed by atoms with van der Waals surface area (Å²) in [6, 6.07) is 3.28. The molecular formula is C14H19NO4S. The highest BCUT2D eigenvalue weighted by Crippen LogP contribution is 2.42. The molecule has 0 bridgehead atoms. The van der Waals surface area contributed by atoms with Gasteiger partial charge >= 0.3 is 11.9 Å². The monoisotopic (exact) mass is 297 g/mol. The number of hydrogen-bond acceptors (Lipinski definition) is 4. The second-order valence-corrected chi connectivity index (χ2v) is 6.75. The van der Waals surface area contributed by atoms with Gasteiger partial charge in [-0.15, -0.1) is 11.3 Å². The Morgan fingerprint density at radius 3 is 2.65 bits per heavy atom. The number of carbonyl (C=O) groups is 2. The molecule has 1 aliphatic heterocycles. The minimum Gasteiger partial charge on any atom is -0.481 e. The molecule has 0 radical (unpaired) electrons. The standard InChI is InChI=1S/C14H19NO4S/c1-8(2)6-14(13(18)19)7-9(12(16)17)11(15-14)10-4-3-5-20-10/h3-5,8-9,11,15H,6-7H2,1-2H3,(H,16,17)(H,18,19). The van der Waals surface area contributed by atoms with Gasteiger partial charge in [0.25, 0.3) is 0 Å². The summed E-state index contributed by atoms with van der Waals surface area (Å²) < 4.78 is 0. The molecule has 3 N–H and O–H groups in total. The van der Waals surface area contributed by atoms with Crippen molar-refractivity contribution in [3.05, 3.63) is 22.4 Å². The highest BCUT2D eigenvalue weighted by Gasteiger charge is 2.53. The Morgan fingerprint density at radius 2 is 2.20 bits per heavy atom. The van der Waals surface area contributed by atoms with Crippen molar-refractivity contribution in [3.8, 4) is 0 Å². The van der Waals surface area contributed by atoms with Crippen LogP contribution in [0.1, 0.15) is 37.6 Å². The van der Waals surface area contributed by atoms with Crippen molar-refractivity contribution in [2.45, 2.75) is 38.3 Å². The molecular weight excluding hydrogens is 278 g/mol. The summed E-state index contributed by atoms with van der Waals surface area (Å²) in [5.41, 5.74) is -1.15. The summed E-state index contributed by atoms with van der Waals surface area (Å²) in [5.74, 6) is -2.43. The van der Waals surface area contributed by atoms with E-state index in [1.807, 2.05) is 31.4 Å². The van der Waals surface area contributed by atoms with Gasteiger partial charge in [0.2, 0.25) is 0 Å². The molecule has 6 heteroatoms. The van der Waals surface area contributed by atoms with E-state index in [2.05, 4.69) is 5.32 Å². The van der Waals surface area contributed by atoms with E-state index >= 15 is 0 Å². The number of carboxylic acid groups (broad SMARTS) is 2. The van der Waals surface area contributed by atoms with Crippen molar-refractivity contribution in [2.24, 2.45) is 11.8 Å². The van der Waals surface area contributed by atoms with Gasteiger partial charge < -0.3 is 10.2 Å². The Hall–Kier alpha value is -1.40. The molecule has 0 aromatic carbocycles. The van der Waals surface area contributed by atoms with Crippen LogP contribution in [0.3, 0.4) is 0 Å². The lowest BCUT2D eigenvalue weighted by molar-refractivity contribution is -0.145. The largest absolute Gasteiger partial charge is 0.481 e. The number of carboxylic acids is 2. The molecule has 3 atom stereocenters. The predicted octanol–water partition coefficient (Wildman–Crippen LogP) is 2.35. The molecule has 0 aliphatic carbocycles. The summed E-state index contributed by atoms with van der Waals surface area (Å²) in [4.78, 5) is 24.0. The van der Waals surface area contributed by atoms with Crippen molar-refractivity contribution >= 4 is 23.3 Å². The Morgan fingerprint density at radius 1 is 1.50 bits per heavy atom. The van der Waals surface area contributed by atoms with Crippen LogP contribution in [0.15, 0.2) is 17.5 Å². The first kappa shape index (κ1) is 15.0. The van der Waals surface area contributed by atoms with Crippen LogP contribution in [0.5, 0.6) is 0 Å². The first-order valence-electron chi connectivity index (χ1n) is 6.63. The zero-order valence-electron chi connectivity index (χ0n) is 11.5. The van der Waals surface area contributed by atoms with Crippen LogP contribution in [0, 0.1) is 11.8 Å². The Bertz CT molecular complexity index is 499. The summed E-state index contributed by atoms with van der Waals surface area (Å²) in [6.45, 7) is 3.89. The lowest BCUT2D eigenvalue weighted by Gasteiger charge is -2.27. The zero-order valence-corrected chi connectivity index (χ0v) is 12.3. The molecule has 2 heterocycles. The average Bonchev–Trinajstić information content (AvgIpc) is 2.94. The first-order chi connectivity index (χ1) is 9.35. The van der Waals surface area contributed by atoms with Crippen molar-refractivity contribution in [1.82, 2.24) is 5.32 Å². The maximum atomic E-state index is 11.7. The number of hydrogen-bond donors (Lipinski definition) is 3. The van der Waals surface area contributed by atoms with Crippen molar-refractivity contribution in [3.63, 3.8) is 0 Å². The molecule has 0 spiro atoms. The molecule has 0 saturated carbocycles. The van der Waals surface area contributed by atoms with Crippen molar-refractivity contribution in [2.75, 3.05) is 0 Å². The number of thiophene rings is 1. The van der Waals surface area contributed by atoms with Crippen molar-refractivity contribution < 1.29 is 19.8 Å². The predicted molar refractivity (Wildman–Crippen MR) is 75.8 cm³/mol. The minimum absolute atomic E-state index is 0.123. The Balaban J connectivity index is 2.35. The van der Waals surface area contributed by atoms with Gasteiger partial charge in [0.05, 0.1) is 12.0 Å².